The van der Waals surface area contributed by atoms with Crippen LogP contribution < -0.4 is 9.38 Å². The summed E-state index contributed by atoms with van der Waals surface area (Å²) in [6.07, 6.45) is 9.62. The molecule has 3 aromatic carbocycles. The molecule has 0 N–H and O–H groups in total. The molecule has 1 aromatic heterocycles. The molecule has 2 heterocycles. The molecule has 0 spiro atoms. The Bertz CT molecular complexity index is 1820. The van der Waals surface area contributed by atoms with Crippen LogP contribution in [0.2, 0.25) is 0 Å². The topological polar surface area (TPSA) is 20.5 Å². The van der Waals surface area contributed by atoms with E-state index in [4.69, 9.17) is 4.99 Å². The third kappa shape index (κ3) is 7.62. The van der Waals surface area contributed by atoms with Crippen molar-refractivity contribution in [1.82, 2.24) is 8.96 Å². The van der Waals surface area contributed by atoms with Gasteiger partial charge in [-0.25, -0.2) is 4.99 Å². The first-order valence-corrected chi connectivity index (χ1v) is 15.8. The normalized spacial score (nSPS) is 14.7. The average molecular weight is 713 g/mol. The molecule has 1 aliphatic heterocycles. The molecule has 0 bridgehead atoms. The number of aliphatic imine (C=N–C) groups is 1. The number of allylic oxidation sites excluding steroid dienone is 3. The van der Waals surface area contributed by atoms with Gasteiger partial charge in [-0.05, 0) is 131 Å². The maximum absolute atomic E-state index is 14.9. The van der Waals surface area contributed by atoms with Crippen LogP contribution in [0.4, 0.5) is 20.0 Å². The molecule has 4 aromatic rings. The number of anilines is 1. The van der Waals surface area contributed by atoms with Crippen molar-refractivity contribution in [2.45, 2.75) is 6.92 Å². The molecule has 228 valence electrons. The summed E-state index contributed by atoms with van der Waals surface area (Å²) in [5, 5.41) is 0. The second kappa shape index (κ2) is 13.5. The maximum Gasteiger partial charge on any atom is 0.678 e. The zero-order valence-corrected chi connectivity index (χ0v) is 28.6. The highest BCUT2D eigenvalue weighted by atomic mass is 127. The summed E-state index contributed by atoms with van der Waals surface area (Å²) in [6.45, 7) is 1.98. The smallest absolute Gasteiger partial charge is 0.378 e. The molecule has 0 unspecified atom stereocenters. The van der Waals surface area contributed by atoms with Crippen molar-refractivity contribution < 1.29 is 8.63 Å². The highest BCUT2D eigenvalue weighted by molar-refractivity contribution is 14.1. The Labute approximate surface area is 279 Å². The quantitative estimate of drug-likeness (QED) is 0.0963. The standard InChI is InChI=1S/C37H37BF2IN4/c1-26-25-31(17-7-27-8-18-32(19-9-27)43(2)3)42-37(26)36(29-13-15-30(41)16-14-29)35-24-21-33(44(35)38(39)40)20-10-28-11-22-34(23-12-28)45(4,5)6/h7-25H,1-6H3/q+1/b17-7+,20-10-,37-36-. The van der Waals surface area contributed by atoms with E-state index in [-0.39, 0.29) is 0 Å². The fourth-order valence-electron chi connectivity index (χ4n) is 5.20. The van der Waals surface area contributed by atoms with Crippen LogP contribution in [0.15, 0.2) is 113 Å². The van der Waals surface area contributed by atoms with E-state index < -0.39 is 7.40 Å². The molecule has 0 saturated heterocycles. The number of hydrogen-bond donors (Lipinski definition) is 0. The van der Waals surface area contributed by atoms with E-state index in [1.165, 1.54) is 0 Å². The number of nitrogens with zero attached hydrogens (tertiary/aromatic N) is 4. The van der Waals surface area contributed by atoms with Gasteiger partial charge < -0.3 is 9.38 Å². The number of quaternary nitrogens is 1. The Morgan fingerprint density at radius 1 is 0.800 bits per heavy atom. The number of rotatable bonds is 9. The van der Waals surface area contributed by atoms with Gasteiger partial charge in [0.25, 0.3) is 0 Å². The second-order valence-corrected chi connectivity index (χ2v) is 13.4. The van der Waals surface area contributed by atoms with Crippen molar-refractivity contribution in [3.8, 4) is 0 Å². The SMILES string of the molecule is CC1=CC(/C=C/c2ccc(N(C)C)cc2)=NC/1=C(/c1ccc(I)cc1)c1ccc(/C=C\c2ccc([N+](C)(C)C)cc2)n1B(F)F. The van der Waals surface area contributed by atoms with Crippen molar-refractivity contribution in [2.24, 2.45) is 4.99 Å². The number of hydrogen-bond acceptors (Lipinski definition) is 2. The summed E-state index contributed by atoms with van der Waals surface area (Å²) >= 11 is 2.25. The summed E-state index contributed by atoms with van der Waals surface area (Å²) in [7, 11) is 7.61. The van der Waals surface area contributed by atoms with Crippen molar-refractivity contribution in [3.63, 3.8) is 0 Å². The van der Waals surface area contributed by atoms with Crippen LogP contribution >= 0.6 is 22.6 Å². The lowest BCUT2D eigenvalue weighted by Gasteiger charge is -2.23. The Kier molecular flexibility index (Phi) is 9.75. The monoisotopic (exact) mass is 713 g/mol. The van der Waals surface area contributed by atoms with Crippen molar-refractivity contribution in [1.29, 1.82) is 0 Å². The van der Waals surface area contributed by atoms with Crippen molar-refractivity contribution in [3.05, 3.63) is 140 Å². The average Bonchev–Trinajstić information content (AvgIpc) is 3.59. The summed E-state index contributed by atoms with van der Waals surface area (Å²) in [5.41, 5.74) is 9.01. The molecule has 4 nitrogen and oxygen atoms in total. The van der Waals surface area contributed by atoms with E-state index >= 15 is 0 Å². The van der Waals surface area contributed by atoms with Gasteiger partial charge >= 0.3 is 7.40 Å². The second-order valence-electron chi connectivity index (χ2n) is 12.1. The molecular weight excluding hydrogens is 676 g/mol. The Balaban J connectivity index is 1.56. The molecule has 0 radical (unpaired) electrons. The molecule has 0 aliphatic carbocycles. The van der Waals surface area contributed by atoms with Gasteiger partial charge in [-0.15, -0.1) is 0 Å². The molecule has 8 heteroatoms. The number of benzene rings is 3. The minimum Gasteiger partial charge on any atom is -0.378 e. The first kappa shape index (κ1) is 32.4. The molecule has 45 heavy (non-hydrogen) atoms. The molecule has 0 fully saturated rings. The van der Waals surface area contributed by atoms with Gasteiger partial charge in [0, 0.05) is 40.3 Å². The minimum absolute atomic E-state index is 0.419. The Morgan fingerprint density at radius 3 is 1.98 bits per heavy atom. The first-order chi connectivity index (χ1) is 21.4. The van der Waals surface area contributed by atoms with Crippen LogP contribution in [-0.4, -0.2) is 52.8 Å². The lowest BCUT2D eigenvalue weighted by atomic mass is 9.96. The Hall–Kier alpha value is -4.02. The number of aromatic nitrogens is 1. The molecular formula is C37H37BF2IN4+. The van der Waals surface area contributed by atoms with Crippen LogP contribution in [-0.2, 0) is 0 Å². The Morgan fingerprint density at radius 2 is 1.40 bits per heavy atom. The maximum atomic E-state index is 14.9. The van der Waals surface area contributed by atoms with E-state index in [0.29, 0.717) is 27.1 Å². The van der Waals surface area contributed by atoms with E-state index in [9.17, 15) is 8.63 Å². The molecule has 1 aliphatic rings. The van der Waals surface area contributed by atoms with E-state index in [2.05, 4.69) is 85.0 Å². The van der Waals surface area contributed by atoms with Gasteiger partial charge in [0.15, 0.2) is 0 Å². The van der Waals surface area contributed by atoms with Gasteiger partial charge in [-0.1, -0.05) is 36.4 Å². The van der Waals surface area contributed by atoms with Crippen LogP contribution in [0.25, 0.3) is 23.8 Å². The molecule has 0 atom stereocenters. The van der Waals surface area contributed by atoms with Crippen LogP contribution in [0, 0.1) is 3.57 Å². The van der Waals surface area contributed by atoms with Crippen LogP contribution in [0.5, 0.6) is 0 Å². The third-order valence-corrected chi connectivity index (χ3v) is 8.44. The molecule has 0 amide bonds. The van der Waals surface area contributed by atoms with Gasteiger partial charge in [0.05, 0.1) is 32.6 Å². The lowest BCUT2D eigenvalue weighted by molar-refractivity contribution is 0.486. The van der Waals surface area contributed by atoms with Crippen molar-refractivity contribution >= 4 is 70.9 Å². The zero-order valence-electron chi connectivity index (χ0n) is 26.5. The van der Waals surface area contributed by atoms with Crippen LogP contribution in [0.3, 0.4) is 0 Å². The zero-order chi connectivity index (χ0) is 32.3. The van der Waals surface area contributed by atoms with Gasteiger partial charge in [0.2, 0.25) is 0 Å². The molecule has 5 rings (SSSR count). The van der Waals surface area contributed by atoms with E-state index in [1.54, 1.807) is 18.2 Å². The summed E-state index contributed by atoms with van der Waals surface area (Å²) in [6, 6.07) is 27.9. The fraction of sp³-hybridized carbons (Fsp3) is 0.162. The summed E-state index contributed by atoms with van der Waals surface area (Å²) < 4.78 is 32.6. The largest absolute Gasteiger partial charge is 0.678 e. The number of halogens is 3. The summed E-state index contributed by atoms with van der Waals surface area (Å²) in [5.74, 6) is 0. The minimum atomic E-state index is -2.74. The first-order valence-electron chi connectivity index (χ1n) is 14.7. The van der Waals surface area contributed by atoms with Gasteiger partial charge in [0.1, 0.15) is 5.69 Å². The molecule has 0 saturated carbocycles. The van der Waals surface area contributed by atoms with E-state index in [0.717, 1.165) is 47.4 Å². The highest BCUT2D eigenvalue weighted by Crippen LogP contribution is 2.36. The van der Waals surface area contributed by atoms with Gasteiger partial charge in [-0.2, -0.15) is 0 Å². The summed E-state index contributed by atoms with van der Waals surface area (Å²) in [4.78, 5) is 7.03. The van der Waals surface area contributed by atoms with Crippen molar-refractivity contribution in [2.75, 3.05) is 40.1 Å². The predicted octanol–water partition coefficient (Wildman–Crippen LogP) is 9.17. The van der Waals surface area contributed by atoms with Crippen LogP contribution in [0.1, 0.15) is 35.0 Å². The highest BCUT2D eigenvalue weighted by Gasteiger charge is 2.28. The van der Waals surface area contributed by atoms with E-state index in [1.807, 2.05) is 81.7 Å². The third-order valence-electron chi connectivity index (χ3n) is 7.72. The van der Waals surface area contributed by atoms with Gasteiger partial charge in [-0.3, -0.25) is 13.1 Å². The fourth-order valence-corrected chi connectivity index (χ4v) is 5.56. The predicted molar refractivity (Wildman–Crippen MR) is 199 cm³/mol. The lowest BCUT2D eigenvalue weighted by Crippen LogP contribution is -2.34.